The topological polar surface area (TPSA) is 88.6 Å². The van der Waals surface area contributed by atoms with Crippen molar-refractivity contribution in [1.82, 2.24) is 4.98 Å². The lowest BCUT2D eigenvalue weighted by molar-refractivity contribution is 0.0696. The number of ether oxygens (including phenoxy) is 2. The Balaban J connectivity index is 2.69. The zero-order chi connectivity index (χ0) is 14.7. The molecule has 0 saturated carbocycles. The summed E-state index contributed by atoms with van der Waals surface area (Å²) in [5.74, 6) is -0.121. The maximum absolute atomic E-state index is 11.9. The van der Waals surface area contributed by atoms with Gasteiger partial charge in [-0.3, -0.25) is 4.79 Å². The van der Waals surface area contributed by atoms with Crippen molar-refractivity contribution in [1.29, 1.82) is 0 Å². The molecule has 0 spiro atoms. The zero-order valence-corrected chi connectivity index (χ0v) is 11.0. The number of carbonyl (C=O) groups is 1. The third kappa shape index (κ3) is 2.49. The van der Waals surface area contributed by atoms with E-state index in [1.165, 1.54) is 20.3 Å². The lowest BCUT2D eigenvalue weighted by Crippen LogP contribution is -2.12. The third-order valence-corrected chi connectivity index (χ3v) is 2.85. The van der Waals surface area contributed by atoms with E-state index in [-0.39, 0.29) is 11.1 Å². The number of rotatable bonds is 4. The Kier molecular flexibility index (Phi) is 3.74. The average molecular weight is 275 g/mol. The average Bonchev–Trinajstić information content (AvgIpc) is 2.46. The highest BCUT2D eigenvalue weighted by atomic mass is 16.5. The standard InChI is InChI=1S/C14H13NO5/c1-19-9-3-4-12(20-2)10(6-9)11-5-8(14(17)18)7-15-13(11)16/h3-7H,1-2H3,(H,15,16)(H,17,18). The molecular weight excluding hydrogens is 262 g/mol. The normalized spacial score (nSPS) is 10.1. The number of nitrogens with one attached hydrogen (secondary N) is 1. The van der Waals surface area contributed by atoms with E-state index in [1.807, 2.05) is 0 Å². The zero-order valence-electron chi connectivity index (χ0n) is 11.0. The minimum atomic E-state index is -1.12. The van der Waals surface area contributed by atoms with Crippen LogP contribution in [0.4, 0.5) is 0 Å². The number of hydrogen-bond acceptors (Lipinski definition) is 4. The molecule has 0 aliphatic carbocycles. The van der Waals surface area contributed by atoms with Gasteiger partial charge in [0.05, 0.1) is 25.3 Å². The van der Waals surface area contributed by atoms with Gasteiger partial charge in [0.2, 0.25) is 0 Å². The predicted molar refractivity (Wildman–Crippen MR) is 72.6 cm³/mol. The van der Waals surface area contributed by atoms with Crippen LogP contribution in [0.1, 0.15) is 10.4 Å². The van der Waals surface area contributed by atoms with Crippen molar-refractivity contribution in [3.8, 4) is 22.6 Å². The molecule has 6 heteroatoms. The van der Waals surface area contributed by atoms with Gasteiger partial charge >= 0.3 is 5.97 Å². The minimum Gasteiger partial charge on any atom is -0.497 e. The van der Waals surface area contributed by atoms with Gasteiger partial charge in [-0.25, -0.2) is 4.79 Å². The van der Waals surface area contributed by atoms with Crippen LogP contribution in [0.25, 0.3) is 11.1 Å². The van der Waals surface area contributed by atoms with Crippen molar-refractivity contribution in [3.63, 3.8) is 0 Å². The van der Waals surface area contributed by atoms with Gasteiger partial charge in [-0.15, -0.1) is 0 Å². The van der Waals surface area contributed by atoms with Crippen molar-refractivity contribution >= 4 is 5.97 Å². The van der Waals surface area contributed by atoms with Gasteiger partial charge in [0, 0.05) is 11.8 Å². The molecular formula is C14H13NO5. The van der Waals surface area contributed by atoms with Gasteiger partial charge in [0.1, 0.15) is 11.5 Å². The summed E-state index contributed by atoms with van der Waals surface area (Å²) < 4.78 is 10.3. The molecule has 1 aromatic heterocycles. The predicted octanol–water partition coefficient (Wildman–Crippen LogP) is 1.76. The number of benzene rings is 1. The summed E-state index contributed by atoms with van der Waals surface area (Å²) >= 11 is 0. The Morgan fingerprint density at radius 2 is 1.90 bits per heavy atom. The smallest absolute Gasteiger partial charge is 0.337 e. The van der Waals surface area contributed by atoms with E-state index >= 15 is 0 Å². The summed E-state index contributed by atoms with van der Waals surface area (Å²) in [7, 11) is 2.98. The first kappa shape index (κ1) is 13.7. The summed E-state index contributed by atoms with van der Waals surface area (Å²) in [5, 5.41) is 9.00. The van der Waals surface area contributed by atoms with Gasteiger partial charge in [0.25, 0.3) is 5.56 Å². The van der Waals surface area contributed by atoms with Gasteiger partial charge in [-0.2, -0.15) is 0 Å². The van der Waals surface area contributed by atoms with Gasteiger partial charge in [-0.1, -0.05) is 0 Å². The molecule has 0 aliphatic rings. The first-order valence-electron chi connectivity index (χ1n) is 5.75. The second-order valence-corrected chi connectivity index (χ2v) is 4.00. The van der Waals surface area contributed by atoms with E-state index in [4.69, 9.17) is 14.6 Å². The number of carboxylic acid groups (broad SMARTS) is 1. The van der Waals surface area contributed by atoms with Gasteiger partial charge in [0.15, 0.2) is 0 Å². The quantitative estimate of drug-likeness (QED) is 0.887. The molecule has 2 rings (SSSR count). The third-order valence-electron chi connectivity index (χ3n) is 2.85. The van der Waals surface area contributed by atoms with E-state index in [2.05, 4.69) is 4.98 Å². The van der Waals surface area contributed by atoms with Crippen molar-refractivity contribution < 1.29 is 19.4 Å². The molecule has 0 saturated heterocycles. The van der Waals surface area contributed by atoms with E-state index < -0.39 is 11.5 Å². The molecule has 20 heavy (non-hydrogen) atoms. The minimum absolute atomic E-state index is 0.00975. The first-order chi connectivity index (χ1) is 9.56. The highest BCUT2D eigenvalue weighted by Crippen LogP contribution is 2.31. The number of methoxy groups -OCH3 is 2. The number of carboxylic acids is 1. The second kappa shape index (κ2) is 5.48. The molecule has 0 amide bonds. The Hall–Kier alpha value is -2.76. The van der Waals surface area contributed by atoms with Crippen LogP contribution in [0.15, 0.2) is 35.3 Å². The molecule has 0 atom stereocenters. The van der Waals surface area contributed by atoms with Crippen LogP contribution < -0.4 is 15.0 Å². The maximum atomic E-state index is 11.9. The van der Waals surface area contributed by atoms with Crippen molar-refractivity contribution in [2.45, 2.75) is 0 Å². The summed E-state index contributed by atoms with van der Waals surface area (Å²) in [6, 6.07) is 6.27. The van der Waals surface area contributed by atoms with Crippen LogP contribution in [0, 0.1) is 0 Å². The fourth-order valence-corrected chi connectivity index (χ4v) is 1.83. The molecule has 1 heterocycles. The van der Waals surface area contributed by atoms with Gasteiger partial charge in [-0.05, 0) is 24.3 Å². The highest BCUT2D eigenvalue weighted by Gasteiger charge is 2.14. The fraction of sp³-hybridized carbons (Fsp3) is 0.143. The molecule has 2 N–H and O–H groups in total. The van der Waals surface area contributed by atoms with E-state index in [1.54, 1.807) is 18.2 Å². The van der Waals surface area contributed by atoms with Gasteiger partial charge < -0.3 is 19.6 Å². The first-order valence-corrected chi connectivity index (χ1v) is 5.75. The molecule has 1 aromatic carbocycles. The van der Waals surface area contributed by atoms with Crippen LogP contribution in [0.2, 0.25) is 0 Å². The molecule has 104 valence electrons. The number of aromatic amines is 1. The molecule has 6 nitrogen and oxygen atoms in total. The Morgan fingerprint density at radius 3 is 2.50 bits per heavy atom. The largest absolute Gasteiger partial charge is 0.497 e. The van der Waals surface area contributed by atoms with Crippen molar-refractivity contribution in [2.24, 2.45) is 0 Å². The molecule has 0 aliphatic heterocycles. The number of aromatic nitrogens is 1. The molecule has 0 radical (unpaired) electrons. The SMILES string of the molecule is COc1ccc(OC)c(-c2cc(C(=O)O)c[nH]c2=O)c1. The number of H-pyrrole nitrogens is 1. The van der Waals surface area contributed by atoms with Crippen molar-refractivity contribution in [2.75, 3.05) is 14.2 Å². The summed E-state index contributed by atoms with van der Waals surface area (Å²) in [6.45, 7) is 0. The Bertz CT molecular complexity index is 705. The number of pyridine rings is 1. The van der Waals surface area contributed by atoms with Crippen LogP contribution >= 0.6 is 0 Å². The van der Waals surface area contributed by atoms with E-state index in [0.29, 0.717) is 17.1 Å². The fourth-order valence-electron chi connectivity index (χ4n) is 1.83. The number of hydrogen-bond donors (Lipinski definition) is 2. The maximum Gasteiger partial charge on any atom is 0.337 e. The Morgan fingerprint density at radius 1 is 1.15 bits per heavy atom. The lowest BCUT2D eigenvalue weighted by Gasteiger charge is -2.10. The molecule has 0 fully saturated rings. The molecule has 0 unspecified atom stereocenters. The summed E-state index contributed by atoms with van der Waals surface area (Å²) in [6.07, 6.45) is 1.15. The molecule has 2 aromatic rings. The Labute approximate surface area is 114 Å². The molecule has 0 bridgehead atoms. The van der Waals surface area contributed by atoms with E-state index in [9.17, 15) is 9.59 Å². The van der Waals surface area contributed by atoms with Crippen molar-refractivity contribution in [3.05, 3.63) is 46.4 Å². The lowest BCUT2D eigenvalue weighted by atomic mass is 10.0. The highest BCUT2D eigenvalue weighted by molar-refractivity contribution is 5.89. The van der Waals surface area contributed by atoms with Crippen LogP contribution in [-0.2, 0) is 0 Å². The second-order valence-electron chi connectivity index (χ2n) is 4.00. The van der Waals surface area contributed by atoms with Crippen LogP contribution in [0.5, 0.6) is 11.5 Å². The van der Waals surface area contributed by atoms with Crippen LogP contribution in [0.3, 0.4) is 0 Å². The number of aromatic carboxylic acids is 1. The summed E-state index contributed by atoms with van der Waals surface area (Å²) in [4.78, 5) is 25.3. The van der Waals surface area contributed by atoms with E-state index in [0.717, 1.165) is 6.20 Å². The van der Waals surface area contributed by atoms with Crippen LogP contribution in [-0.4, -0.2) is 30.3 Å². The summed E-state index contributed by atoms with van der Waals surface area (Å²) in [5.41, 5.74) is 0.267. The monoisotopic (exact) mass is 275 g/mol.